The van der Waals surface area contributed by atoms with E-state index in [1.807, 2.05) is 38.4 Å². The minimum Gasteiger partial charge on any atom is -0.378 e. The fourth-order valence-electron chi connectivity index (χ4n) is 2.45. The highest BCUT2D eigenvalue weighted by molar-refractivity contribution is 5.92. The molecule has 5 nitrogen and oxygen atoms in total. The maximum atomic E-state index is 11.9. The van der Waals surface area contributed by atoms with Crippen molar-refractivity contribution in [3.8, 4) is 0 Å². The molecule has 0 unspecified atom stereocenters. The van der Waals surface area contributed by atoms with E-state index in [1.54, 1.807) is 6.20 Å². The Balaban J connectivity index is 1.59. The highest BCUT2D eigenvalue weighted by Gasteiger charge is 2.25. The molecule has 1 aliphatic carbocycles. The van der Waals surface area contributed by atoms with Gasteiger partial charge in [0.25, 0.3) is 0 Å². The van der Waals surface area contributed by atoms with E-state index in [4.69, 9.17) is 0 Å². The van der Waals surface area contributed by atoms with Crippen molar-refractivity contribution in [2.75, 3.05) is 29.6 Å². The SMILES string of the molecule is CN(C)c1ccc(Nc2ccc(NC(=O)C3CCC3)cn2)cc1. The predicted octanol–water partition coefficient (Wildman–Crippen LogP) is 3.63. The molecule has 0 saturated heterocycles. The van der Waals surface area contributed by atoms with Gasteiger partial charge in [-0.1, -0.05) is 6.42 Å². The predicted molar refractivity (Wildman–Crippen MR) is 94.3 cm³/mol. The fraction of sp³-hybridized carbons (Fsp3) is 0.333. The number of hydrogen-bond acceptors (Lipinski definition) is 4. The Kier molecular flexibility index (Phi) is 4.46. The number of aromatic nitrogens is 1. The zero-order valence-electron chi connectivity index (χ0n) is 13.5. The van der Waals surface area contributed by atoms with Crippen molar-refractivity contribution in [2.24, 2.45) is 5.92 Å². The van der Waals surface area contributed by atoms with E-state index in [2.05, 4.69) is 32.7 Å². The topological polar surface area (TPSA) is 57.3 Å². The first kappa shape index (κ1) is 15.3. The molecular formula is C18H22N4O. The van der Waals surface area contributed by atoms with Crippen molar-refractivity contribution in [1.29, 1.82) is 0 Å². The van der Waals surface area contributed by atoms with Crippen LogP contribution in [0.25, 0.3) is 0 Å². The first-order valence-electron chi connectivity index (χ1n) is 7.93. The van der Waals surface area contributed by atoms with Crippen molar-refractivity contribution in [2.45, 2.75) is 19.3 Å². The van der Waals surface area contributed by atoms with Gasteiger partial charge in [0.05, 0.1) is 11.9 Å². The average Bonchev–Trinajstić information content (AvgIpc) is 2.48. The molecule has 120 valence electrons. The molecule has 0 atom stereocenters. The molecule has 1 amide bonds. The van der Waals surface area contributed by atoms with E-state index in [-0.39, 0.29) is 11.8 Å². The first-order valence-corrected chi connectivity index (χ1v) is 7.93. The third-order valence-electron chi connectivity index (χ3n) is 4.16. The molecule has 0 spiro atoms. The molecule has 3 rings (SSSR count). The molecule has 1 saturated carbocycles. The number of anilines is 4. The second-order valence-corrected chi connectivity index (χ2v) is 6.12. The van der Waals surface area contributed by atoms with E-state index in [0.29, 0.717) is 0 Å². The Hall–Kier alpha value is -2.56. The van der Waals surface area contributed by atoms with Crippen LogP contribution < -0.4 is 15.5 Å². The van der Waals surface area contributed by atoms with E-state index in [9.17, 15) is 4.79 Å². The second kappa shape index (κ2) is 6.69. The summed E-state index contributed by atoms with van der Waals surface area (Å²) in [5, 5.41) is 6.17. The van der Waals surface area contributed by atoms with Gasteiger partial charge < -0.3 is 15.5 Å². The van der Waals surface area contributed by atoms with Crippen LogP contribution in [0.2, 0.25) is 0 Å². The summed E-state index contributed by atoms with van der Waals surface area (Å²) in [4.78, 5) is 18.3. The number of nitrogens with zero attached hydrogens (tertiary/aromatic N) is 2. The van der Waals surface area contributed by atoms with Gasteiger partial charge in [0.15, 0.2) is 0 Å². The summed E-state index contributed by atoms with van der Waals surface area (Å²) in [7, 11) is 4.03. The Morgan fingerprint density at radius 3 is 2.30 bits per heavy atom. The molecule has 1 fully saturated rings. The summed E-state index contributed by atoms with van der Waals surface area (Å²) in [5.74, 6) is 1.05. The molecule has 1 aromatic heterocycles. The minimum atomic E-state index is 0.109. The quantitative estimate of drug-likeness (QED) is 0.885. The van der Waals surface area contributed by atoms with Gasteiger partial charge in [0.1, 0.15) is 5.82 Å². The van der Waals surface area contributed by atoms with Gasteiger partial charge >= 0.3 is 0 Å². The van der Waals surface area contributed by atoms with Crippen molar-refractivity contribution in [1.82, 2.24) is 4.98 Å². The molecule has 0 aliphatic heterocycles. The molecular weight excluding hydrogens is 288 g/mol. The van der Waals surface area contributed by atoms with Crippen LogP contribution >= 0.6 is 0 Å². The normalized spacial score (nSPS) is 14.0. The van der Waals surface area contributed by atoms with Crippen LogP contribution in [0.15, 0.2) is 42.6 Å². The molecule has 2 aromatic rings. The molecule has 1 heterocycles. The van der Waals surface area contributed by atoms with Crippen molar-refractivity contribution in [3.63, 3.8) is 0 Å². The summed E-state index contributed by atoms with van der Waals surface area (Å²) >= 11 is 0. The summed E-state index contributed by atoms with van der Waals surface area (Å²) in [6.45, 7) is 0. The maximum Gasteiger partial charge on any atom is 0.227 e. The molecule has 2 N–H and O–H groups in total. The van der Waals surface area contributed by atoms with E-state index >= 15 is 0 Å². The maximum absolute atomic E-state index is 11.9. The zero-order valence-corrected chi connectivity index (χ0v) is 13.5. The molecule has 1 aliphatic rings. The number of pyridine rings is 1. The summed E-state index contributed by atoms with van der Waals surface area (Å²) < 4.78 is 0. The van der Waals surface area contributed by atoms with Crippen molar-refractivity contribution < 1.29 is 4.79 Å². The smallest absolute Gasteiger partial charge is 0.227 e. The number of hydrogen-bond donors (Lipinski definition) is 2. The van der Waals surface area contributed by atoms with Crippen molar-refractivity contribution in [3.05, 3.63) is 42.6 Å². The van der Waals surface area contributed by atoms with Gasteiger partial charge in [0, 0.05) is 31.4 Å². The standard InChI is InChI=1S/C18H22N4O/c1-22(2)16-9-6-14(7-10-16)20-17-11-8-15(12-19-17)21-18(23)13-4-3-5-13/h6-13H,3-5H2,1-2H3,(H,19,20)(H,21,23). The highest BCUT2D eigenvalue weighted by Crippen LogP contribution is 2.27. The zero-order chi connectivity index (χ0) is 16.2. The monoisotopic (exact) mass is 310 g/mol. The summed E-state index contributed by atoms with van der Waals surface area (Å²) in [5.41, 5.74) is 2.88. The molecule has 5 heteroatoms. The number of rotatable bonds is 5. The fourth-order valence-corrected chi connectivity index (χ4v) is 2.45. The Labute approximate surface area is 136 Å². The van der Waals surface area contributed by atoms with Crippen LogP contribution in [0.3, 0.4) is 0 Å². The van der Waals surface area contributed by atoms with E-state index in [0.717, 1.165) is 42.1 Å². The lowest BCUT2D eigenvalue weighted by atomic mass is 9.85. The van der Waals surface area contributed by atoms with E-state index < -0.39 is 0 Å². The lowest BCUT2D eigenvalue weighted by molar-refractivity contribution is -0.122. The van der Waals surface area contributed by atoms with Crippen LogP contribution in [0.5, 0.6) is 0 Å². The summed E-state index contributed by atoms with van der Waals surface area (Å²) in [6, 6.07) is 11.9. The number of amides is 1. The molecule has 23 heavy (non-hydrogen) atoms. The molecule has 1 aromatic carbocycles. The number of benzene rings is 1. The third-order valence-corrected chi connectivity index (χ3v) is 4.16. The average molecular weight is 310 g/mol. The lowest BCUT2D eigenvalue weighted by Crippen LogP contribution is -2.28. The van der Waals surface area contributed by atoms with Gasteiger partial charge in [-0.2, -0.15) is 0 Å². The third kappa shape index (κ3) is 3.80. The van der Waals surface area contributed by atoms with Gasteiger partial charge in [0.2, 0.25) is 5.91 Å². The lowest BCUT2D eigenvalue weighted by Gasteiger charge is -2.23. The second-order valence-electron chi connectivity index (χ2n) is 6.12. The Morgan fingerprint density at radius 2 is 1.78 bits per heavy atom. The van der Waals surface area contributed by atoms with Crippen LogP contribution in [-0.4, -0.2) is 25.0 Å². The minimum absolute atomic E-state index is 0.109. The van der Waals surface area contributed by atoms with Crippen LogP contribution in [0.1, 0.15) is 19.3 Å². The molecule has 0 bridgehead atoms. The first-order chi connectivity index (χ1) is 11.1. The van der Waals surface area contributed by atoms with E-state index in [1.165, 1.54) is 0 Å². The van der Waals surface area contributed by atoms with Gasteiger partial charge in [-0.3, -0.25) is 4.79 Å². The van der Waals surface area contributed by atoms with Gasteiger partial charge in [-0.25, -0.2) is 4.98 Å². The largest absolute Gasteiger partial charge is 0.378 e. The number of nitrogens with one attached hydrogen (secondary N) is 2. The highest BCUT2D eigenvalue weighted by atomic mass is 16.1. The summed E-state index contributed by atoms with van der Waals surface area (Å²) in [6.07, 6.45) is 4.85. The van der Waals surface area contributed by atoms with Crippen LogP contribution in [0, 0.1) is 5.92 Å². The Morgan fingerprint density at radius 1 is 1.09 bits per heavy atom. The Bertz CT molecular complexity index is 660. The number of carbonyl (C=O) groups is 1. The van der Waals surface area contributed by atoms with Crippen LogP contribution in [0.4, 0.5) is 22.9 Å². The van der Waals surface area contributed by atoms with Crippen molar-refractivity contribution >= 4 is 28.8 Å². The van der Waals surface area contributed by atoms with Gasteiger partial charge in [-0.05, 0) is 49.2 Å². The van der Waals surface area contributed by atoms with Crippen LogP contribution in [-0.2, 0) is 4.79 Å². The number of carbonyl (C=O) groups excluding carboxylic acids is 1. The van der Waals surface area contributed by atoms with Gasteiger partial charge in [-0.15, -0.1) is 0 Å². The molecule has 0 radical (unpaired) electrons.